The van der Waals surface area contributed by atoms with Gasteiger partial charge in [-0.3, -0.25) is 4.79 Å². The first kappa shape index (κ1) is 10.9. The van der Waals surface area contributed by atoms with Gasteiger partial charge in [-0.25, -0.2) is 0 Å². The van der Waals surface area contributed by atoms with Gasteiger partial charge in [0, 0.05) is 17.9 Å². The van der Waals surface area contributed by atoms with E-state index in [4.69, 9.17) is 4.74 Å². The molecule has 86 valence electrons. The highest BCUT2D eigenvalue weighted by Gasteiger charge is 2.34. The third-order valence-electron chi connectivity index (χ3n) is 3.57. The van der Waals surface area contributed by atoms with Crippen LogP contribution in [0.1, 0.15) is 39.0 Å². The molecule has 1 N–H and O–H groups in total. The van der Waals surface area contributed by atoms with Crippen molar-refractivity contribution >= 4 is 5.91 Å². The second-order valence-corrected chi connectivity index (χ2v) is 5.36. The quantitative estimate of drug-likeness (QED) is 0.772. The lowest BCUT2D eigenvalue weighted by Gasteiger charge is -2.38. The molecular weight excluding hydrogens is 190 g/mol. The molecule has 1 heterocycles. The van der Waals surface area contributed by atoms with Crippen molar-refractivity contribution in [3.8, 4) is 0 Å². The van der Waals surface area contributed by atoms with Crippen LogP contribution in [-0.4, -0.2) is 25.7 Å². The summed E-state index contributed by atoms with van der Waals surface area (Å²) in [6, 6.07) is 0. The summed E-state index contributed by atoms with van der Waals surface area (Å²) in [5, 5.41) is 3.08. The first-order valence-electron chi connectivity index (χ1n) is 6.05. The van der Waals surface area contributed by atoms with E-state index in [9.17, 15) is 4.79 Å². The summed E-state index contributed by atoms with van der Waals surface area (Å²) in [7, 11) is 0. The molecule has 0 bridgehead atoms. The fourth-order valence-corrected chi connectivity index (χ4v) is 2.36. The predicted molar refractivity (Wildman–Crippen MR) is 58.5 cm³/mol. The number of amides is 1. The molecule has 1 saturated heterocycles. The van der Waals surface area contributed by atoms with Gasteiger partial charge in [0.2, 0.25) is 5.91 Å². The van der Waals surface area contributed by atoms with Crippen molar-refractivity contribution in [3.63, 3.8) is 0 Å². The normalized spacial score (nSPS) is 25.7. The first-order chi connectivity index (χ1) is 7.20. The minimum Gasteiger partial charge on any atom is -0.380 e. The van der Waals surface area contributed by atoms with Crippen LogP contribution in [0.5, 0.6) is 0 Å². The zero-order chi connectivity index (χ0) is 10.7. The van der Waals surface area contributed by atoms with E-state index in [0.717, 1.165) is 32.6 Å². The SMILES string of the molecule is CC1(CNC(=O)C2CCCCC2)COC1. The summed E-state index contributed by atoms with van der Waals surface area (Å²) in [6.07, 6.45) is 5.91. The number of carbonyl (C=O) groups is 1. The molecular formula is C12H21NO2. The van der Waals surface area contributed by atoms with Gasteiger partial charge < -0.3 is 10.1 Å². The molecule has 3 heteroatoms. The van der Waals surface area contributed by atoms with Crippen molar-refractivity contribution in [2.75, 3.05) is 19.8 Å². The van der Waals surface area contributed by atoms with Crippen molar-refractivity contribution in [3.05, 3.63) is 0 Å². The van der Waals surface area contributed by atoms with E-state index in [-0.39, 0.29) is 17.2 Å². The Morgan fingerprint density at radius 2 is 2.00 bits per heavy atom. The summed E-state index contributed by atoms with van der Waals surface area (Å²) in [6.45, 7) is 4.52. The second kappa shape index (κ2) is 4.52. The Bertz CT molecular complexity index is 230. The largest absolute Gasteiger partial charge is 0.380 e. The number of rotatable bonds is 3. The Morgan fingerprint density at radius 3 is 2.53 bits per heavy atom. The first-order valence-corrected chi connectivity index (χ1v) is 6.05. The molecule has 3 nitrogen and oxygen atoms in total. The number of hydrogen-bond donors (Lipinski definition) is 1. The molecule has 1 aliphatic heterocycles. The van der Waals surface area contributed by atoms with Gasteiger partial charge in [0.15, 0.2) is 0 Å². The van der Waals surface area contributed by atoms with Crippen LogP contribution in [0.15, 0.2) is 0 Å². The lowest BCUT2D eigenvalue weighted by Crippen LogP contribution is -2.49. The van der Waals surface area contributed by atoms with Crippen LogP contribution in [0.2, 0.25) is 0 Å². The molecule has 0 aromatic carbocycles. The Balaban J connectivity index is 1.71. The topological polar surface area (TPSA) is 38.3 Å². The Hall–Kier alpha value is -0.570. The molecule has 0 unspecified atom stereocenters. The highest BCUT2D eigenvalue weighted by molar-refractivity contribution is 5.78. The zero-order valence-corrected chi connectivity index (χ0v) is 9.55. The highest BCUT2D eigenvalue weighted by Crippen LogP contribution is 2.27. The van der Waals surface area contributed by atoms with Gasteiger partial charge in [-0.1, -0.05) is 26.2 Å². The lowest BCUT2D eigenvalue weighted by molar-refractivity contribution is -0.131. The maximum absolute atomic E-state index is 11.8. The van der Waals surface area contributed by atoms with Gasteiger partial charge >= 0.3 is 0 Å². The van der Waals surface area contributed by atoms with Gasteiger partial charge in [-0.05, 0) is 12.8 Å². The fraction of sp³-hybridized carbons (Fsp3) is 0.917. The lowest BCUT2D eigenvalue weighted by atomic mass is 9.86. The van der Waals surface area contributed by atoms with Crippen molar-refractivity contribution < 1.29 is 9.53 Å². The number of carbonyl (C=O) groups excluding carboxylic acids is 1. The van der Waals surface area contributed by atoms with E-state index in [0.29, 0.717) is 0 Å². The third-order valence-corrected chi connectivity index (χ3v) is 3.57. The van der Waals surface area contributed by atoms with E-state index in [2.05, 4.69) is 12.2 Å². The van der Waals surface area contributed by atoms with Crippen LogP contribution in [-0.2, 0) is 9.53 Å². The molecule has 0 aromatic rings. The molecule has 2 fully saturated rings. The molecule has 2 rings (SSSR count). The van der Waals surface area contributed by atoms with Crippen molar-refractivity contribution in [1.29, 1.82) is 0 Å². The molecule has 1 amide bonds. The minimum absolute atomic E-state index is 0.199. The summed E-state index contributed by atoms with van der Waals surface area (Å²) >= 11 is 0. The fourth-order valence-electron chi connectivity index (χ4n) is 2.36. The number of hydrogen-bond acceptors (Lipinski definition) is 2. The summed E-state index contributed by atoms with van der Waals surface area (Å²) < 4.78 is 5.16. The van der Waals surface area contributed by atoms with Crippen molar-refractivity contribution in [1.82, 2.24) is 5.32 Å². The van der Waals surface area contributed by atoms with Gasteiger partial charge in [0.1, 0.15) is 0 Å². The van der Waals surface area contributed by atoms with E-state index >= 15 is 0 Å². The summed E-state index contributed by atoms with van der Waals surface area (Å²) in [5.74, 6) is 0.547. The molecule has 1 aliphatic carbocycles. The second-order valence-electron chi connectivity index (χ2n) is 5.36. The minimum atomic E-state index is 0.199. The summed E-state index contributed by atoms with van der Waals surface area (Å²) in [5.41, 5.74) is 0.199. The highest BCUT2D eigenvalue weighted by atomic mass is 16.5. The van der Waals surface area contributed by atoms with Gasteiger partial charge in [-0.15, -0.1) is 0 Å². The van der Waals surface area contributed by atoms with Gasteiger partial charge in [-0.2, -0.15) is 0 Å². The zero-order valence-electron chi connectivity index (χ0n) is 9.55. The smallest absolute Gasteiger partial charge is 0.223 e. The molecule has 1 saturated carbocycles. The number of nitrogens with one attached hydrogen (secondary N) is 1. The van der Waals surface area contributed by atoms with Crippen molar-refractivity contribution in [2.24, 2.45) is 11.3 Å². The van der Waals surface area contributed by atoms with Crippen LogP contribution in [0.4, 0.5) is 0 Å². The van der Waals surface area contributed by atoms with E-state index in [1.165, 1.54) is 19.3 Å². The van der Waals surface area contributed by atoms with Crippen molar-refractivity contribution in [2.45, 2.75) is 39.0 Å². The van der Waals surface area contributed by atoms with E-state index in [1.54, 1.807) is 0 Å². The standard InChI is InChI=1S/C12H21NO2/c1-12(8-15-9-12)7-13-11(14)10-5-3-2-4-6-10/h10H,2-9H2,1H3,(H,13,14). The molecule has 0 spiro atoms. The molecule has 0 atom stereocenters. The van der Waals surface area contributed by atoms with Gasteiger partial charge in [0.05, 0.1) is 13.2 Å². The Kier molecular flexibility index (Phi) is 3.29. The monoisotopic (exact) mass is 211 g/mol. The van der Waals surface area contributed by atoms with Crippen LogP contribution >= 0.6 is 0 Å². The molecule has 2 aliphatic rings. The third kappa shape index (κ3) is 2.71. The van der Waals surface area contributed by atoms with Crippen LogP contribution < -0.4 is 5.32 Å². The maximum atomic E-state index is 11.8. The Morgan fingerprint density at radius 1 is 1.33 bits per heavy atom. The Labute approximate surface area is 91.6 Å². The molecule has 0 radical (unpaired) electrons. The summed E-state index contributed by atoms with van der Waals surface area (Å²) in [4.78, 5) is 11.8. The molecule has 15 heavy (non-hydrogen) atoms. The van der Waals surface area contributed by atoms with E-state index in [1.807, 2.05) is 0 Å². The average Bonchev–Trinajstić information content (AvgIpc) is 2.24. The number of ether oxygens (including phenoxy) is 1. The molecule has 0 aromatic heterocycles. The van der Waals surface area contributed by atoms with E-state index < -0.39 is 0 Å². The van der Waals surface area contributed by atoms with Crippen LogP contribution in [0.3, 0.4) is 0 Å². The maximum Gasteiger partial charge on any atom is 0.223 e. The van der Waals surface area contributed by atoms with Gasteiger partial charge in [0.25, 0.3) is 0 Å². The van der Waals surface area contributed by atoms with Crippen LogP contribution in [0, 0.1) is 11.3 Å². The average molecular weight is 211 g/mol. The predicted octanol–water partition coefficient (Wildman–Crippen LogP) is 1.72. The van der Waals surface area contributed by atoms with Crippen LogP contribution in [0.25, 0.3) is 0 Å².